The zero-order valence-electron chi connectivity index (χ0n) is 18.6. The summed E-state index contributed by atoms with van der Waals surface area (Å²) >= 11 is 0. The van der Waals surface area contributed by atoms with E-state index in [0.29, 0.717) is 24.9 Å². The van der Waals surface area contributed by atoms with Crippen LogP contribution in [0.3, 0.4) is 0 Å². The van der Waals surface area contributed by atoms with Crippen molar-refractivity contribution in [2.75, 3.05) is 13.7 Å². The van der Waals surface area contributed by atoms with Gasteiger partial charge in [-0.2, -0.15) is 0 Å². The number of aliphatic hydroxyl groups is 1. The second-order valence-corrected chi connectivity index (χ2v) is 10.3. The Balaban J connectivity index is 1.66. The normalized spacial score (nSPS) is 37.1. The van der Waals surface area contributed by atoms with Crippen LogP contribution < -0.4 is 0 Å². The van der Waals surface area contributed by atoms with Gasteiger partial charge in [-0.15, -0.1) is 0 Å². The highest BCUT2D eigenvalue weighted by molar-refractivity contribution is 5.93. The Bertz CT molecular complexity index is 975. The van der Waals surface area contributed by atoms with Gasteiger partial charge in [0, 0.05) is 31.1 Å². The molecule has 1 aromatic carbocycles. The van der Waals surface area contributed by atoms with Crippen molar-refractivity contribution in [2.45, 2.75) is 63.4 Å². The molecule has 4 aliphatic rings. The summed E-state index contributed by atoms with van der Waals surface area (Å²) in [5.74, 6) is 1.41. The average Bonchev–Trinajstić information content (AvgIpc) is 3.03. The number of nitrogens with one attached hydrogen (secondary N) is 1. The molecule has 164 valence electrons. The summed E-state index contributed by atoms with van der Waals surface area (Å²) in [5, 5.41) is 19.3. The third-order valence-electron chi connectivity index (χ3n) is 8.95. The minimum absolute atomic E-state index is 0.200. The van der Waals surface area contributed by atoms with Gasteiger partial charge in [-0.3, -0.25) is 4.79 Å². The molecule has 4 unspecified atom stereocenters. The van der Waals surface area contributed by atoms with Crippen LogP contribution in [0.2, 0.25) is 0 Å². The first-order chi connectivity index (χ1) is 14.9. The van der Waals surface area contributed by atoms with Crippen molar-refractivity contribution < 1.29 is 14.6 Å². The van der Waals surface area contributed by atoms with E-state index < -0.39 is 5.60 Å². The molecule has 31 heavy (non-hydrogen) atoms. The van der Waals surface area contributed by atoms with Gasteiger partial charge in [0.2, 0.25) is 0 Å². The molecular formula is C27H33NO3. The first kappa shape index (κ1) is 20.8. The van der Waals surface area contributed by atoms with E-state index in [1.807, 2.05) is 18.2 Å². The molecule has 0 amide bonds. The van der Waals surface area contributed by atoms with Gasteiger partial charge in [-0.25, -0.2) is 0 Å². The van der Waals surface area contributed by atoms with Gasteiger partial charge in [-0.05, 0) is 78.7 Å². The van der Waals surface area contributed by atoms with Crippen molar-refractivity contribution in [3.05, 3.63) is 58.2 Å². The zero-order valence-corrected chi connectivity index (χ0v) is 18.6. The number of ether oxygens (including phenoxy) is 1. The van der Waals surface area contributed by atoms with Crippen molar-refractivity contribution in [3.63, 3.8) is 0 Å². The highest BCUT2D eigenvalue weighted by Crippen LogP contribution is 2.66. The topological polar surface area (TPSA) is 70.4 Å². The fraction of sp³-hybridized carbons (Fsp3) is 0.556. The van der Waals surface area contributed by atoms with Crippen molar-refractivity contribution in [1.29, 1.82) is 5.41 Å². The molecule has 2 fully saturated rings. The largest absolute Gasteiger partial charge is 0.387 e. The van der Waals surface area contributed by atoms with E-state index in [1.54, 1.807) is 7.11 Å². The number of fused-ring (bicyclic) bond motifs is 4. The molecule has 1 aromatic rings. The number of methoxy groups -OCH3 is 1. The van der Waals surface area contributed by atoms with Crippen molar-refractivity contribution in [3.8, 4) is 0 Å². The number of hydrogen-bond acceptors (Lipinski definition) is 4. The fourth-order valence-electron chi connectivity index (χ4n) is 7.35. The lowest BCUT2D eigenvalue weighted by Crippen LogP contribution is -2.53. The van der Waals surface area contributed by atoms with Crippen LogP contribution in [-0.4, -0.2) is 36.4 Å². The minimum Gasteiger partial charge on any atom is -0.387 e. The molecule has 0 saturated heterocycles. The number of rotatable bonds is 4. The van der Waals surface area contributed by atoms with E-state index in [-0.39, 0.29) is 17.1 Å². The first-order valence-electron chi connectivity index (χ1n) is 11.7. The van der Waals surface area contributed by atoms with Crippen molar-refractivity contribution >= 4 is 12.0 Å². The molecule has 4 heteroatoms. The van der Waals surface area contributed by atoms with E-state index in [2.05, 4.69) is 19.1 Å². The van der Waals surface area contributed by atoms with Gasteiger partial charge in [0.05, 0.1) is 12.2 Å². The number of benzene rings is 1. The zero-order chi connectivity index (χ0) is 21.8. The average molecular weight is 420 g/mol. The molecule has 0 spiro atoms. The second kappa shape index (κ2) is 7.53. The third-order valence-corrected chi connectivity index (χ3v) is 8.95. The van der Waals surface area contributed by atoms with Gasteiger partial charge in [0.15, 0.2) is 5.78 Å². The first-order valence-corrected chi connectivity index (χ1v) is 11.7. The van der Waals surface area contributed by atoms with E-state index in [0.717, 1.165) is 44.1 Å². The Morgan fingerprint density at radius 2 is 1.97 bits per heavy atom. The standard InChI is InChI=1S/C27H33NO3/c1-26-14-23(18-5-3-17(15-28)4-6-18)25-21-10-8-20(29)13-19(21)7-9-22(25)24(26)11-12-27(26,30)16-31-2/h3-6,13,15,22-24,28,30H,7-12,14,16H2,1-2H3/t22?,23?,24?,26?,27-/m1/s1. The second-order valence-electron chi connectivity index (χ2n) is 10.3. The van der Waals surface area contributed by atoms with Gasteiger partial charge in [0.25, 0.3) is 0 Å². The Hall–Kier alpha value is -2.04. The lowest BCUT2D eigenvalue weighted by atomic mass is 9.51. The van der Waals surface area contributed by atoms with E-state index in [9.17, 15) is 9.90 Å². The molecule has 0 aliphatic heterocycles. The number of allylic oxidation sites excluding steroid dienone is 4. The van der Waals surface area contributed by atoms with Gasteiger partial charge >= 0.3 is 0 Å². The maximum atomic E-state index is 12.1. The summed E-state index contributed by atoms with van der Waals surface area (Å²) in [6.45, 7) is 2.68. The maximum Gasteiger partial charge on any atom is 0.156 e. The molecule has 0 aromatic heterocycles. The minimum atomic E-state index is -0.797. The van der Waals surface area contributed by atoms with Gasteiger partial charge in [0.1, 0.15) is 0 Å². The summed E-state index contributed by atoms with van der Waals surface area (Å²) < 4.78 is 5.51. The molecule has 0 heterocycles. The van der Waals surface area contributed by atoms with Crippen LogP contribution in [0.15, 0.2) is 47.1 Å². The van der Waals surface area contributed by atoms with Crippen LogP contribution in [0, 0.1) is 22.7 Å². The molecule has 5 atom stereocenters. The number of hydrogen-bond donors (Lipinski definition) is 2. The van der Waals surface area contributed by atoms with E-state index in [4.69, 9.17) is 10.1 Å². The Kier molecular flexibility index (Phi) is 5.06. The highest BCUT2D eigenvalue weighted by atomic mass is 16.5. The van der Waals surface area contributed by atoms with Crippen LogP contribution >= 0.6 is 0 Å². The molecule has 2 saturated carbocycles. The summed E-state index contributed by atoms with van der Waals surface area (Å²) in [6.07, 6.45) is 9.53. The highest BCUT2D eigenvalue weighted by Gasteiger charge is 2.62. The SMILES string of the molecule is COC[C@]1(O)CCC2C3CCC4=CC(=O)CCC4=C3C(c3ccc(C=N)cc3)CC21C. The molecule has 4 aliphatic carbocycles. The summed E-state index contributed by atoms with van der Waals surface area (Å²) in [6, 6.07) is 8.37. The smallest absolute Gasteiger partial charge is 0.156 e. The van der Waals surface area contributed by atoms with Gasteiger partial charge in [-0.1, -0.05) is 36.8 Å². The van der Waals surface area contributed by atoms with Crippen LogP contribution in [0.5, 0.6) is 0 Å². The van der Waals surface area contributed by atoms with Crippen LogP contribution in [0.4, 0.5) is 0 Å². The lowest BCUT2D eigenvalue weighted by Gasteiger charge is -2.54. The number of carbonyl (C=O) groups excluding carboxylic acids is 1. The van der Waals surface area contributed by atoms with Crippen molar-refractivity contribution in [1.82, 2.24) is 0 Å². The lowest BCUT2D eigenvalue weighted by molar-refractivity contribution is -0.128. The van der Waals surface area contributed by atoms with E-state index >= 15 is 0 Å². The fourth-order valence-corrected chi connectivity index (χ4v) is 7.35. The molecular weight excluding hydrogens is 386 g/mol. The maximum absolute atomic E-state index is 12.1. The monoisotopic (exact) mass is 419 g/mol. The number of ketones is 1. The number of carbonyl (C=O) groups is 1. The molecule has 2 N–H and O–H groups in total. The molecule has 0 radical (unpaired) electrons. The molecule has 5 rings (SSSR count). The van der Waals surface area contributed by atoms with Crippen LogP contribution in [0.1, 0.15) is 68.9 Å². The quantitative estimate of drug-likeness (QED) is 0.678. The summed E-state index contributed by atoms with van der Waals surface area (Å²) in [4.78, 5) is 12.1. The Labute approximate surface area is 184 Å². The molecule has 0 bridgehead atoms. The Morgan fingerprint density at radius 1 is 1.19 bits per heavy atom. The predicted octanol–water partition coefficient (Wildman–Crippen LogP) is 4.96. The van der Waals surface area contributed by atoms with Crippen LogP contribution in [0.25, 0.3) is 0 Å². The molecule has 4 nitrogen and oxygen atoms in total. The van der Waals surface area contributed by atoms with E-state index in [1.165, 1.54) is 28.5 Å². The van der Waals surface area contributed by atoms with Gasteiger partial charge < -0.3 is 15.3 Å². The summed E-state index contributed by atoms with van der Waals surface area (Å²) in [5.41, 5.74) is 5.41. The Morgan fingerprint density at radius 3 is 2.68 bits per heavy atom. The summed E-state index contributed by atoms with van der Waals surface area (Å²) in [7, 11) is 1.69. The predicted molar refractivity (Wildman–Crippen MR) is 121 cm³/mol. The van der Waals surface area contributed by atoms with Crippen molar-refractivity contribution in [2.24, 2.45) is 17.3 Å². The third kappa shape index (κ3) is 3.10. The van der Waals surface area contributed by atoms with Crippen LogP contribution in [-0.2, 0) is 9.53 Å².